The number of rotatable bonds is 4. The summed E-state index contributed by atoms with van der Waals surface area (Å²) in [5, 5.41) is 9.65. The number of phenolic OH excluding ortho intramolecular Hbond substituents is 1. The first-order valence-corrected chi connectivity index (χ1v) is 6.07. The van der Waals surface area contributed by atoms with E-state index >= 15 is 0 Å². The van der Waals surface area contributed by atoms with Gasteiger partial charge in [-0.1, -0.05) is 6.07 Å². The van der Waals surface area contributed by atoms with Crippen LogP contribution < -0.4 is 10.5 Å². The van der Waals surface area contributed by atoms with Crippen molar-refractivity contribution >= 4 is 5.97 Å². The second-order valence-corrected chi connectivity index (χ2v) is 5.35. The number of hydrogen-bond acceptors (Lipinski definition) is 5. The Bertz CT molecular complexity index is 451. The summed E-state index contributed by atoms with van der Waals surface area (Å²) in [6.45, 7) is 5.37. The van der Waals surface area contributed by atoms with Crippen molar-refractivity contribution in [2.75, 3.05) is 7.11 Å². The van der Waals surface area contributed by atoms with Crippen LogP contribution in [0.5, 0.6) is 11.5 Å². The molecule has 0 saturated carbocycles. The molecular formula is C14H21NO4. The lowest BCUT2D eigenvalue weighted by atomic mass is 10.1. The molecule has 19 heavy (non-hydrogen) atoms. The average Bonchev–Trinajstić information content (AvgIpc) is 2.27. The van der Waals surface area contributed by atoms with Crippen molar-refractivity contribution < 1.29 is 19.4 Å². The maximum Gasteiger partial charge on any atom is 0.323 e. The second-order valence-electron chi connectivity index (χ2n) is 5.35. The monoisotopic (exact) mass is 267 g/mol. The molecule has 0 aliphatic carbocycles. The summed E-state index contributed by atoms with van der Waals surface area (Å²) in [6.07, 6.45) is 0.298. The first-order valence-electron chi connectivity index (χ1n) is 6.07. The molecule has 106 valence electrons. The molecule has 0 aliphatic heterocycles. The highest BCUT2D eigenvalue weighted by Crippen LogP contribution is 2.26. The molecular weight excluding hydrogens is 246 g/mol. The predicted octanol–water partition coefficient (Wildman–Crippen LogP) is 1.61. The molecule has 0 aromatic heterocycles. The highest BCUT2D eigenvalue weighted by molar-refractivity contribution is 5.76. The summed E-state index contributed by atoms with van der Waals surface area (Å²) < 4.78 is 10.1. The molecule has 0 radical (unpaired) electrons. The zero-order chi connectivity index (χ0) is 14.6. The number of ether oxygens (including phenoxy) is 2. The van der Waals surface area contributed by atoms with E-state index in [0.29, 0.717) is 12.2 Å². The summed E-state index contributed by atoms with van der Waals surface area (Å²) in [5.74, 6) is -0.0474. The Morgan fingerprint density at radius 1 is 1.42 bits per heavy atom. The Labute approximate surface area is 113 Å². The lowest BCUT2D eigenvalue weighted by molar-refractivity contribution is -0.156. The minimum Gasteiger partial charge on any atom is -0.504 e. The fraction of sp³-hybridized carbons (Fsp3) is 0.500. The van der Waals surface area contributed by atoms with E-state index in [4.69, 9.17) is 15.2 Å². The Hall–Kier alpha value is -1.75. The normalized spacial score (nSPS) is 12.9. The van der Waals surface area contributed by atoms with Crippen LogP contribution in [0, 0.1) is 0 Å². The molecule has 0 aliphatic rings. The summed E-state index contributed by atoms with van der Waals surface area (Å²) in [7, 11) is 1.47. The van der Waals surface area contributed by atoms with E-state index in [1.807, 2.05) is 0 Å². The number of benzene rings is 1. The first kappa shape index (κ1) is 15.3. The molecule has 0 spiro atoms. The highest BCUT2D eigenvalue weighted by Gasteiger charge is 2.22. The number of esters is 1. The van der Waals surface area contributed by atoms with Gasteiger partial charge in [0.25, 0.3) is 0 Å². The average molecular weight is 267 g/mol. The standard InChI is InChI=1S/C14H21NO4/c1-14(2,3)19-13(17)10(15)7-9-5-6-12(18-4)11(16)8-9/h5-6,8,10,16H,7,15H2,1-4H3. The third-order valence-electron chi connectivity index (χ3n) is 2.41. The van der Waals surface area contributed by atoms with Crippen LogP contribution in [0.1, 0.15) is 26.3 Å². The van der Waals surface area contributed by atoms with Gasteiger partial charge in [0.2, 0.25) is 0 Å². The zero-order valence-corrected chi connectivity index (χ0v) is 11.8. The van der Waals surface area contributed by atoms with E-state index < -0.39 is 17.6 Å². The quantitative estimate of drug-likeness (QED) is 0.810. The van der Waals surface area contributed by atoms with Crippen molar-refractivity contribution in [1.29, 1.82) is 0 Å². The van der Waals surface area contributed by atoms with Crippen molar-refractivity contribution in [2.45, 2.75) is 38.8 Å². The Morgan fingerprint density at radius 2 is 2.05 bits per heavy atom. The van der Waals surface area contributed by atoms with Crippen LogP contribution in [0.15, 0.2) is 18.2 Å². The lowest BCUT2D eigenvalue weighted by Gasteiger charge is -2.22. The Kier molecular flexibility index (Phi) is 4.78. The van der Waals surface area contributed by atoms with Crippen LogP contribution in [0.2, 0.25) is 0 Å². The number of aromatic hydroxyl groups is 1. The maximum atomic E-state index is 11.7. The molecule has 1 unspecified atom stereocenters. The molecule has 0 amide bonds. The van der Waals surface area contributed by atoms with Crippen molar-refractivity contribution in [3.63, 3.8) is 0 Å². The third-order valence-corrected chi connectivity index (χ3v) is 2.41. The van der Waals surface area contributed by atoms with Crippen LogP contribution in [-0.2, 0) is 16.0 Å². The number of nitrogens with two attached hydrogens (primary N) is 1. The topological polar surface area (TPSA) is 81.8 Å². The zero-order valence-electron chi connectivity index (χ0n) is 11.8. The second kappa shape index (κ2) is 5.93. The molecule has 5 heteroatoms. The number of methoxy groups -OCH3 is 1. The van der Waals surface area contributed by atoms with Crippen LogP contribution in [-0.4, -0.2) is 29.8 Å². The van der Waals surface area contributed by atoms with E-state index in [0.717, 1.165) is 5.56 Å². The predicted molar refractivity (Wildman–Crippen MR) is 72.2 cm³/mol. The van der Waals surface area contributed by atoms with Gasteiger partial charge in [-0.3, -0.25) is 4.79 Å². The highest BCUT2D eigenvalue weighted by atomic mass is 16.6. The molecule has 1 aromatic rings. The molecule has 0 heterocycles. The van der Waals surface area contributed by atoms with Gasteiger partial charge in [0.1, 0.15) is 11.6 Å². The van der Waals surface area contributed by atoms with E-state index in [1.54, 1.807) is 32.9 Å². The van der Waals surface area contributed by atoms with Gasteiger partial charge in [-0.2, -0.15) is 0 Å². The van der Waals surface area contributed by atoms with E-state index in [1.165, 1.54) is 13.2 Å². The summed E-state index contributed by atoms with van der Waals surface area (Å²) in [4.78, 5) is 11.7. The van der Waals surface area contributed by atoms with Gasteiger partial charge < -0.3 is 20.3 Å². The summed E-state index contributed by atoms with van der Waals surface area (Å²) in [5.41, 5.74) is 5.98. The van der Waals surface area contributed by atoms with Crippen molar-refractivity contribution in [2.24, 2.45) is 5.73 Å². The largest absolute Gasteiger partial charge is 0.504 e. The van der Waals surface area contributed by atoms with Gasteiger partial charge in [0.15, 0.2) is 11.5 Å². The van der Waals surface area contributed by atoms with Gasteiger partial charge in [-0.05, 0) is 44.9 Å². The van der Waals surface area contributed by atoms with E-state index in [9.17, 15) is 9.90 Å². The van der Waals surface area contributed by atoms with Crippen LogP contribution in [0.25, 0.3) is 0 Å². The third kappa shape index (κ3) is 4.79. The smallest absolute Gasteiger partial charge is 0.323 e. The number of phenols is 1. The van der Waals surface area contributed by atoms with Crippen molar-refractivity contribution in [3.8, 4) is 11.5 Å². The molecule has 0 fully saturated rings. The van der Waals surface area contributed by atoms with Crippen molar-refractivity contribution in [1.82, 2.24) is 0 Å². The minimum atomic E-state index is -0.757. The summed E-state index contributed by atoms with van der Waals surface area (Å²) >= 11 is 0. The first-order chi connectivity index (χ1) is 8.73. The molecule has 5 nitrogen and oxygen atoms in total. The fourth-order valence-corrected chi connectivity index (χ4v) is 1.58. The molecule has 1 atom stereocenters. The van der Waals surface area contributed by atoms with Crippen molar-refractivity contribution in [3.05, 3.63) is 23.8 Å². The summed E-state index contributed by atoms with van der Waals surface area (Å²) in [6, 6.07) is 4.16. The fourth-order valence-electron chi connectivity index (χ4n) is 1.58. The number of carbonyl (C=O) groups is 1. The van der Waals surface area contributed by atoms with Gasteiger partial charge in [0.05, 0.1) is 7.11 Å². The molecule has 0 bridgehead atoms. The lowest BCUT2D eigenvalue weighted by Crippen LogP contribution is -2.38. The molecule has 1 aromatic carbocycles. The Balaban J connectivity index is 2.69. The van der Waals surface area contributed by atoms with Gasteiger partial charge in [-0.15, -0.1) is 0 Å². The molecule has 1 rings (SSSR count). The van der Waals surface area contributed by atoms with Crippen LogP contribution in [0.4, 0.5) is 0 Å². The molecule has 0 saturated heterocycles. The van der Waals surface area contributed by atoms with Gasteiger partial charge in [-0.25, -0.2) is 0 Å². The van der Waals surface area contributed by atoms with E-state index in [2.05, 4.69) is 0 Å². The Morgan fingerprint density at radius 3 is 2.53 bits per heavy atom. The van der Waals surface area contributed by atoms with E-state index in [-0.39, 0.29) is 5.75 Å². The molecule has 3 N–H and O–H groups in total. The van der Waals surface area contributed by atoms with Gasteiger partial charge in [0, 0.05) is 0 Å². The van der Waals surface area contributed by atoms with Crippen LogP contribution in [0.3, 0.4) is 0 Å². The maximum absolute atomic E-state index is 11.7. The number of hydrogen-bond donors (Lipinski definition) is 2. The minimum absolute atomic E-state index is 0.0244. The number of carbonyl (C=O) groups excluding carboxylic acids is 1. The van der Waals surface area contributed by atoms with Crippen LogP contribution >= 0.6 is 0 Å². The van der Waals surface area contributed by atoms with Gasteiger partial charge >= 0.3 is 5.97 Å². The SMILES string of the molecule is COc1ccc(CC(N)C(=O)OC(C)(C)C)cc1O.